The van der Waals surface area contributed by atoms with Crippen molar-refractivity contribution in [3.05, 3.63) is 64.2 Å². The number of alkyl halides is 6. The Morgan fingerprint density at radius 1 is 1.09 bits per heavy atom. The second-order valence-electron chi connectivity index (χ2n) is 12.0. The van der Waals surface area contributed by atoms with Crippen LogP contribution in [0.4, 0.5) is 36.8 Å². The van der Waals surface area contributed by atoms with Crippen molar-refractivity contribution in [2.45, 2.75) is 70.8 Å². The van der Waals surface area contributed by atoms with Crippen molar-refractivity contribution in [2.24, 2.45) is 5.41 Å². The number of hydrogen-bond acceptors (Lipinski definition) is 5. The van der Waals surface area contributed by atoms with Gasteiger partial charge in [-0.25, -0.2) is 4.79 Å². The van der Waals surface area contributed by atoms with Crippen molar-refractivity contribution < 1.29 is 49.0 Å². The quantitative estimate of drug-likeness (QED) is 0.286. The van der Waals surface area contributed by atoms with Gasteiger partial charge in [0, 0.05) is 19.2 Å². The number of aryl methyl sites for hydroxylation is 1. The van der Waals surface area contributed by atoms with Crippen LogP contribution >= 0.6 is 0 Å². The molecule has 1 fully saturated rings. The maximum Gasteiger partial charge on any atom is 0.516 e. The Morgan fingerprint density at radius 3 is 2.34 bits per heavy atom. The molecule has 1 amide bonds. The highest BCUT2D eigenvalue weighted by molar-refractivity contribution is 7.93. The zero-order valence-corrected chi connectivity index (χ0v) is 25.9. The second-order valence-corrected chi connectivity index (χ2v) is 14.0. The van der Waals surface area contributed by atoms with Crippen LogP contribution < -0.4 is 9.04 Å². The van der Waals surface area contributed by atoms with Gasteiger partial charge in [0.2, 0.25) is 0 Å². The van der Waals surface area contributed by atoms with Crippen molar-refractivity contribution in [1.29, 1.82) is 0 Å². The third-order valence-electron chi connectivity index (χ3n) is 8.20. The van der Waals surface area contributed by atoms with Crippen LogP contribution in [0.1, 0.15) is 68.4 Å². The van der Waals surface area contributed by atoms with Crippen LogP contribution in [0.2, 0.25) is 0 Å². The van der Waals surface area contributed by atoms with Crippen LogP contribution in [0.5, 0.6) is 5.75 Å². The largest absolute Gasteiger partial charge is 0.516 e. The smallest absolute Gasteiger partial charge is 0.496 e. The number of amides is 1. The van der Waals surface area contributed by atoms with Crippen LogP contribution in [-0.2, 0) is 20.9 Å². The lowest BCUT2D eigenvalue weighted by Gasteiger charge is -2.36. The summed E-state index contributed by atoms with van der Waals surface area (Å²) in [6, 6.07) is 6.79. The fourth-order valence-electron chi connectivity index (χ4n) is 5.82. The molecule has 0 unspecified atom stereocenters. The highest BCUT2D eigenvalue weighted by Crippen LogP contribution is 2.47. The summed E-state index contributed by atoms with van der Waals surface area (Å²) in [5.41, 5.74) is -4.43. The van der Waals surface area contributed by atoms with Crippen LogP contribution in [0.25, 0.3) is 5.57 Å². The van der Waals surface area contributed by atoms with E-state index >= 15 is 0 Å². The molecule has 2 aliphatic rings. The van der Waals surface area contributed by atoms with Gasteiger partial charge in [0.1, 0.15) is 11.9 Å². The molecule has 2 aromatic rings. The minimum atomic E-state index is -5.67. The molecule has 2 atom stereocenters. The van der Waals surface area contributed by atoms with E-state index in [0.29, 0.717) is 41.7 Å². The summed E-state index contributed by atoms with van der Waals surface area (Å²) in [5, 5.41) is 0. The van der Waals surface area contributed by atoms with Gasteiger partial charge in [-0.3, -0.25) is 9.21 Å². The lowest BCUT2D eigenvalue weighted by Crippen LogP contribution is -2.38. The lowest BCUT2D eigenvalue weighted by atomic mass is 9.72. The summed E-state index contributed by atoms with van der Waals surface area (Å²) >= 11 is 0. The first kappa shape index (κ1) is 33.5. The Hall–Kier alpha value is -3.42. The van der Waals surface area contributed by atoms with Gasteiger partial charge >= 0.3 is 27.8 Å². The number of halogens is 6. The monoisotopic (exact) mass is 648 g/mol. The van der Waals surface area contributed by atoms with E-state index in [1.54, 1.807) is 13.0 Å². The number of cyclic esters (lactones) is 1. The fraction of sp³-hybridized carbons (Fsp3) is 0.500. The van der Waals surface area contributed by atoms with E-state index in [1.165, 1.54) is 37.1 Å². The summed E-state index contributed by atoms with van der Waals surface area (Å²) in [6.45, 7) is 7.30. The number of benzene rings is 2. The van der Waals surface area contributed by atoms with Gasteiger partial charge in [0.05, 0.1) is 24.4 Å². The predicted molar refractivity (Wildman–Crippen MR) is 152 cm³/mol. The molecule has 0 bridgehead atoms. The minimum Gasteiger partial charge on any atom is -0.496 e. The average Bonchev–Trinajstić information content (AvgIpc) is 3.19. The minimum absolute atomic E-state index is 0.0390. The molecule has 0 aromatic heterocycles. The molecular formula is C30H34F6N2O5S. The fourth-order valence-corrected chi connectivity index (χ4v) is 6.52. The van der Waals surface area contributed by atoms with Gasteiger partial charge in [-0.1, -0.05) is 25.5 Å². The van der Waals surface area contributed by atoms with E-state index < -0.39 is 45.5 Å². The topological polar surface area (TPSA) is 76.2 Å². The number of methoxy groups -OCH3 is 1. The molecular weight excluding hydrogens is 614 g/mol. The van der Waals surface area contributed by atoms with Gasteiger partial charge in [-0.2, -0.15) is 34.8 Å². The van der Waals surface area contributed by atoms with Gasteiger partial charge < -0.3 is 9.47 Å². The third-order valence-corrected chi connectivity index (χ3v) is 9.72. The zero-order valence-electron chi connectivity index (χ0n) is 25.1. The summed E-state index contributed by atoms with van der Waals surface area (Å²) in [4.78, 5) is 14.6. The number of nitrogens with zero attached hydrogens (tertiary/aromatic N) is 2. The number of carbonyl (C=O) groups is 1. The lowest BCUT2D eigenvalue weighted by molar-refractivity contribution is -0.137. The van der Waals surface area contributed by atoms with E-state index in [2.05, 4.69) is 0 Å². The Balaban J connectivity index is 1.76. The standard InChI is InChI=1S/C30H34F6N2O5S/c1-17-11-19(13-21(12-17)29(31,32)33)26-18(2)38(27(39)43-26)16-20-15-28(3,4)10-9-23(20)24-14-22(7-8-25(24)42-6)37(5)44(40,41)30(34,35)36/h7-8,11-14,18,26H,9-10,15-16H2,1-6H3/t18-,26-/m0/s1. The SMILES string of the molecule is COc1ccc(N(C)S(=O)(=O)C(F)(F)F)cc1C1=C(CN2C(=O)O[C@H](c3cc(C)cc(C(F)(F)F)c3)[C@@H]2C)CC(C)(C)CC1. The van der Waals surface area contributed by atoms with E-state index in [4.69, 9.17) is 9.47 Å². The van der Waals surface area contributed by atoms with E-state index in [0.717, 1.165) is 24.8 Å². The first-order chi connectivity index (χ1) is 20.2. The number of carbonyl (C=O) groups excluding carboxylic acids is 1. The summed E-state index contributed by atoms with van der Waals surface area (Å²) in [5.74, 6) is 0.299. The first-order valence-corrected chi connectivity index (χ1v) is 15.2. The molecule has 0 N–H and O–H groups in total. The molecule has 242 valence electrons. The Labute approximate surface area is 252 Å². The summed E-state index contributed by atoms with van der Waals surface area (Å²) in [6.07, 6.45) is -4.66. The maximum atomic E-state index is 13.5. The Kier molecular flexibility index (Phi) is 8.75. The molecule has 0 radical (unpaired) electrons. The maximum absolute atomic E-state index is 13.5. The predicted octanol–water partition coefficient (Wildman–Crippen LogP) is 7.85. The molecule has 4 rings (SSSR count). The second kappa shape index (κ2) is 11.5. The zero-order chi connectivity index (χ0) is 33.0. The van der Waals surface area contributed by atoms with E-state index in [1.807, 2.05) is 13.8 Å². The highest BCUT2D eigenvalue weighted by Gasteiger charge is 2.49. The van der Waals surface area contributed by atoms with Crippen LogP contribution in [-0.4, -0.2) is 51.7 Å². The molecule has 1 saturated heterocycles. The number of anilines is 1. The number of sulfonamides is 1. The number of rotatable bonds is 7. The number of ether oxygens (including phenoxy) is 2. The van der Waals surface area contributed by atoms with Gasteiger partial charge in [0.15, 0.2) is 0 Å². The number of hydrogen-bond donors (Lipinski definition) is 0. The Morgan fingerprint density at radius 2 is 1.75 bits per heavy atom. The van der Waals surface area contributed by atoms with Crippen LogP contribution in [0.15, 0.2) is 42.0 Å². The van der Waals surface area contributed by atoms with Crippen molar-refractivity contribution in [1.82, 2.24) is 4.90 Å². The van der Waals surface area contributed by atoms with Gasteiger partial charge in [-0.15, -0.1) is 0 Å². The summed E-state index contributed by atoms with van der Waals surface area (Å²) in [7, 11) is -3.48. The van der Waals surface area contributed by atoms with Crippen LogP contribution in [0, 0.1) is 12.3 Å². The molecule has 1 aliphatic carbocycles. The molecule has 1 heterocycles. The molecule has 14 heteroatoms. The van der Waals surface area contributed by atoms with E-state index in [-0.39, 0.29) is 27.5 Å². The van der Waals surface area contributed by atoms with E-state index in [9.17, 15) is 39.6 Å². The van der Waals surface area contributed by atoms with Crippen molar-refractivity contribution in [3.8, 4) is 5.75 Å². The highest BCUT2D eigenvalue weighted by atomic mass is 32.2. The van der Waals surface area contributed by atoms with Crippen molar-refractivity contribution in [3.63, 3.8) is 0 Å². The van der Waals surface area contributed by atoms with Gasteiger partial charge in [-0.05, 0) is 85.6 Å². The molecule has 1 aliphatic heterocycles. The first-order valence-electron chi connectivity index (χ1n) is 13.8. The van der Waals surface area contributed by atoms with Crippen molar-refractivity contribution in [2.75, 3.05) is 25.0 Å². The van der Waals surface area contributed by atoms with Crippen LogP contribution in [0.3, 0.4) is 0 Å². The molecule has 44 heavy (non-hydrogen) atoms. The van der Waals surface area contributed by atoms with Gasteiger partial charge in [0.25, 0.3) is 0 Å². The Bertz CT molecular complexity index is 1580. The number of allylic oxidation sites excluding steroid dienone is 1. The molecule has 0 saturated carbocycles. The molecule has 2 aromatic carbocycles. The molecule has 0 spiro atoms. The normalized spacial score (nSPS) is 21.0. The summed E-state index contributed by atoms with van der Waals surface area (Å²) < 4.78 is 116. The third kappa shape index (κ3) is 6.50. The van der Waals surface area contributed by atoms with Crippen molar-refractivity contribution >= 4 is 27.4 Å². The average molecular weight is 649 g/mol. The molecule has 7 nitrogen and oxygen atoms in total.